The molecule has 0 bridgehead atoms. The van der Waals surface area contributed by atoms with Crippen LogP contribution >= 0.6 is 0 Å². The summed E-state index contributed by atoms with van der Waals surface area (Å²) in [5.74, 6) is -0.0111. The van der Waals surface area contributed by atoms with Crippen molar-refractivity contribution in [3.63, 3.8) is 0 Å². The van der Waals surface area contributed by atoms with Crippen molar-refractivity contribution in [3.8, 4) is 6.07 Å². The maximum atomic E-state index is 11.9. The largest absolute Gasteiger partial charge is 0.317 e. The van der Waals surface area contributed by atoms with Crippen LogP contribution in [0.2, 0.25) is 0 Å². The summed E-state index contributed by atoms with van der Waals surface area (Å²) in [5.41, 5.74) is 0. The Bertz CT molecular complexity index is 367. The van der Waals surface area contributed by atoms with Crippen LogP contribution in [0.5, 0.6) is 0 Å². The molecule has 0 radical (unpaired) electrons. The molecule has 0 aliphatic carbocycles. The molecule has 1 aliphatic rings. The summed E-state index contributed by atoms with van der Waals surface area (Å²) < 4.78 is 25.3. The Kier molecular flexibility index (Phi) is 5.37. The van der Waals surface area contributed by atoms with Gasteiger partial charge in [0.05, 0.1) is 6.07 Å². The van der Waals surface area contributed by atoms with Crippen molar-refractivity contribution in [2.45, 2.75) is 32.7 Å². The number of sulfonamides is 1. The molecule has 1 aliphatic heterocycles. The van der Waals surface area contributed by atoms with Crippen LogP contribution in [0.25, 0.3) is 0 Å². The van der Waals surface area contributed by atoms with Crippen molar-refractivity contribution in [2.75, 3.05) is 25.4 Å². The summed E-state index contributed by atoms with van der Waals surface area (Å²) in [7, 11) is -3.42. The number of nitrogens with zero attached hydrogens (tertiary/aromatic N) is 2. The summed E-state index contributed by atoms with van der Waals surface area (Å²) in [5, 5.41) is 11.8. The Labute approximate surface area is 104 Å². The first kappa shape index (κ1) is 14.4. The van der Waals surface area contributed by atoms with Crippen LogP contribution in [-0.2, 0) is 10.0 Å². The number of rotatable bonds is 5. The lowest BCUT2D eigenvalue weighted by molar-refractivity contribution is 0.261. The van der Waals surface area contributed by atoms with E-state index >= 15 is 0 Å². The number of piperidine rings is 1. The van der Waals surface area contributed by atoms with Crippen LogP contribution in [0.4, 0.5) is 0 Å². The Balaban J connectivity index is 2.69. The molecule has 0 atom stereocenters. The number of nitrogens with one attached hydrogen (secondary N) is 1. The van der Waals surface area contributed by atoms with Gasteiger partial charge in [0.1, 0.15) is 0 Å². The molecule has 0 aromatic carbocycles. The quantitative estimate of drug-likeness (QED) is 0.782. The van der Waals surface area contributed by atoms with Gasteiger partial charge in [0.2, 0.25) is 10.0 Å². The van der Waals surface area contributed by atoms with E-state index in [1.165, 1.54) is 4.31 Å². The lowest BCUT2D eigenvalue weighted by Crippen LogP contribution is -2.43. The van der Waals surface area contributed by atoms with Gasteiger partial charge in [-0.15, -0.1) is 0 Å². The lowest BCUT2D eigenvalue weighted by Gasteiger charge is -2.31. The highest BCUT2D eigenvalue weighted by molar-refractivity contribution is 7.89. The van der Waals surface area contributed by atoms with Crippen LogP contribution in [0, 0.1) is 17.2 Å². The third-order valence-corrected chi connectivity index (χ3v) is 4.86. The minimum atomic E-state index is -3.42. The minimum absolute atomic E-state index is 0.0803. The fourth-order valence-corrected chi connectivity index (χ4v) is 3.54. The number of hydrogen-bond acceptors (Lipinski definition) is 4. The molecule has 0 aromatic heterocycles. The topological polar surface area (TPSA) is 73.2 Å². The molecular formula is C11H21N3O2S. The van der Waals surface area contributed by atoms with E-state index in [1.807, 2.05) is 13.8 Å². The lowest BCUT2D eigenvalue weighted by atomic mass is 9.98. The highest BCUT2D eigenvalue weighted by Crippen LogP contribution is 2.17. The zero-order chi connectivity index (χ0) is 12.9. The zero-order valence-corrected chi connectivity index (χ0v) is 11.3. The van der Waals surface area contributed by atoms with Gasteiger partial charge in [-0.05, 0) is 45.7 Å². The van der Waals surface area contributed by atoms with Crippen molar-refractivity contribution in [1.82, 2.24) is 9.62 Å². The van der Waals surface area contributed by atoms with Crippen molar-refractivity contribution in [1.29, 1.82) is 5.26 Å². The van der Waals surface area contributed by atoms with Gasteiger partial charge in [0, 0.05) is 12.6 Å². The summed E-state index contributed by atoms with van der Waals surface area (Å²) in [4.78, 5) is 0. The Hall–Kier alpha value is -0.640. The monoisotopic (exact) mass is 259 g/mol. The highest BCUT2D eigenvalue weighted by Gasteiger charge is 2.28. The van der Waals surface area contributed by atoms with Crippen molar-refractivity contribution in [3.05, 3.63) is 0 Å². The van der Waals surface area contributed by atoms with Gasteiger partial charge in [-0.2, -0.15) is 9.57 Å². The Morgan fingerprint density at radius 2 is 2.00 bits per heavy atom. The second-order valence-electron chi connectivity index (χ2n) is 4.77. The molecule has 6 heteroatoms. The first-order chi connectivity index (χ1) is 7.97. The average molecular weight is 259 g/mol. The van der Waals surface area contributed by atoms with E-state index in [2.05, 4.69) is 5.32 Å². The normalized spacial score (nSPS) is 18.5. The van der Waals surface area contributed by atoms with E-state index in [4.69, 9.17) is 5.26 Å². The number of nitriles is 1. The molecule has 0 amide bonds. The Morgan fingerprint density at radius 1 is 1.41 bits per heavy atom. The molecular weight excluding hydrogens is 238 g/mol. The fraction of sp³-hybridized carbons (Fsp3) is 0.909. The van der Waals surface area contributed by atoms with Crippen molar-refractivity contribution in [2.24, 2.45) is 5.92 Å². The van der Waals surface area contributed by atoms with Crippen molar-refractivity contribution >= 4 is 10.0 Å². The molecule has 1 fully saturated rings. The first-order valence-electron chi connectivity index (χ1n) is 6.04. The van der Waals surface area contributed by atoms with Crippen LogP contribution in [0.15, 0.2) is 0 Å². The molecule has 0 aromatic rings. The van der Waals surface area contributed by atoms with Gasteiger partial charge >= 0.3 is 0 Å². The maximum absolute atomic E-state index is 11.9. The van der Waals surface area contributed by atoms with Gasteiger partial charge in [0.25, 0.3) is 0 Å². The molecule has 5 nitrogen and oxygen atoms in total. The van der Waals surface area contributed by atoms with Gasteiger partial charge < -0.3 is 5.32 Å². The third kappa shape index (κ3) is 4.26. The van der Waals surface area contributed by atoms with Gasteiger partial charge in [-0.3, -0.25) is 0 Å². The molecule has 0 spiro atoms. The summed E-state index contributed by atoms with van der Waals surface area (Å²) in [6.07, 6.45) is 2.01. The first-order valence-corrected chi connectivity index (χ1v) is 7.65. The van der Waals surface area contributed by atoms with Gasteiger partial charge in [0.15, 0.2) is 5.75 Å². The number of hydrogen-bond donors (Lipinski definition) is 1. The van der Waals surface area contributed by atoms with Crippen LogP contribution in [0.3, 0.4) is 0 Å². The van der Waals surface area contributed by atoms with E-state index in [1.54, 1.807) is 6.07 Å². The average Bonchev–Trinajstić information content (AvgIpc) is 2.26. The zero-order valence-electron chi connectivity index (χ0n) is 10.5. The van der Waals surface area contributed by atoms with E-state index in [9.17, 15) is 8.42 Å². The van der Waals surface area contributed by atoms with E-state index in [0.717, 1.165) is 25.9 Å². The molecule has 1 heterocycles. The Morgan fingerprint density at radius 3 is 2.47 bits per heavy atom. The third-order valence-electron chi connectivity index (χ3n) is 3.08. The maximum Gasteiger partial charge on any atom is 0.227 e. The molecule has 0 saturated carbocycles. The van der Waals surface area contributed by atoms with Gasteiger partial charge in [-0.1, -0.05) is 0 Å². The molecule has 0 unspecified atom stereocenters. The molecule has 1 saturated heterocycles. The van der Waals surface area contributed by atoms with Crippen LogP contribution in [0.1, 0.15) is 26.7 Å². The smallest absolute Gasteiger partial charge is 0.227 e. The standard InChI is InChI=1S/C11H21N3O2S/c1-10(2)14(17(15,16)8-5-12)9-11-3-6-13-7-4-11/h10-11,13H,3-4,6-9H2,1-2H3. The summed E-state index contributed by atoms with van der Waals surface area (Å²) in [6, 6.07) is 1.66. The predicted octanol–water partition coefficient (Wildman–Crippen LogP) is 0.550. The second kappa shape index (κ2) is 6.34. The van der Waals surface area contributed by atoms with E-state index in [-0.39, 0.29) is 6.04 Å². The van der Waals surface area contributed by atoms with Gasteiger partial charge in [-0.25, -0.2) is 8.42 Å². The van der Waals surface area contributed by atoms with Crippen molar-refractivity contribution < 1.29 is 8.42 Å². The SMILES string of the molecule is CC(C)N(CC1CCNCC1)S(=O)(=O)CC#N. The predicted molar refractivity (Wildman–Crippen MR) is 66.8 cm³/mol. The molecule has 1 N–H and O–H groups in total. The molecule has 98 valence electrons. The summed E-state index contributed by atoms with van der Waals surface area (Å²) >= 11 is 0. The second-order valence-corrected chi connectivity index (χ2v) is 6.69. The highest BCUT2D eigenvalue weighted by atomic mass is 32.2. The summed E-state index contributed by atoms with van der Waals surface area (Å²) in [6.45, 7) is 6.17. The van der Waals surface area contributed by atoms with E-state index in [0.29, 0.717) is 12.5 Å². The van der Waals surface area contributed by atoms with Crippen LogP contribution in [-0.4, -0.2) is 44.2 Å². The van der Waals surface area contributed by atoms with Crippen LogP contribution < -0.4 is 5.32 Å². The minimum Gasteiger partial charge on any atom is -0.317 e. The fourth-order valence-electron chi connectivity index (χ4n) is 2.13. The molecule has 1 rings (SSSR count). The molecule has 17 heavy (non-hydrogen) atoms. The van der Waals surface area contributed by atoms with E-state index < -0.39 is 15.8 Å².